The van der Waals surface area contributed by atoms with Crippen LogP contribution in [-0.2, 0) is 68.7 Å². The summed E-state index contributed by atoms with van der Waals surface area (Å²) in [5.74, 6) is -14.1. The number of unbranched alkanes of at least 4 members (excludes halogenated alkanes) is 2. The maximum Gasteiger partial charge on any atom is 0.328 e. The lowest BCUT2D eigenvalue weighted by Gasteiger charge is -2.32. The minimum atomic E-state index is -1.83. The Balaban J connectivity index is 2.53. The zero-order valence-electron chi connectivity index (χ0n) is 59.0. The van der Waals surface area contributed by atoms with Crippen molar-refractivity contribution in [3.05, 3.63) is 29.8 Å². The van der Waals surface area contributed by atoms with E-state index in [1.807, 2.05) is 13.8 Å². The summed E-state index contributed by atoms with van der Waals surface area (Å²) in [7, 11) is 0. The fourth-order valence-electron chi connectivity index (χ4n) is 10.8. The van der Waals surface area contributed by atoms with E-state index in [0.29, 0.717) is 31.2 Å². The Morgan fingerprint density at radius 3 is 1.40 bits per heavy atom. The molecule has 1 fully saturated rings. The molecule has 26 N–H and O–H groups in total. The number of aliphatic hydroxyl groups is 2. The molecule has 564 valence electrons. The van der Waals surface area contributed by atoms with Crippen LogP contribution in [0.2, 0.25) is 0 Å². The van der Waals surface area contributed by atoms with Gasteiger partial charge in [0.2, 0.25) is 70.9 Å². The topological polar surface area (TPSA) is 595 Å². The van der Waals surface area contributed by atoms with Crippen molar-refractivity contribution < 1.29 is 82.8 Å². The molecular weight excluding hydrogens is 1300 g/mol. The number of aromatic hydroxyl groups is 1. The van der Waals surface area contributed by atoms with Crippen LogP contribution in [0.4, 0.5) is 0 Å². The number of amides is 12. The molecule has 2 rings (SSSR count). The number of phenolic OH excluding ortho intramolecular Hbond substituents is 1. The first-order valence-corrected chi connectivity index (χ1v) is 34.1. The van der Waals surface area contributed by atoms with E-state index in [9.17, 15) is 82.8 Å². The molecule has 0 saturated carbocycles. The smallest absolute Gasteiger partial charge is 0.328 e. The second-order valence-electron chi connectivity index (χ2n) is 26.6. The number of aliphatic imine (C=N–C) groups is 1. The summed E-state index contributed by atoms with van der Waals surface area (Å²) in [4.78, 5) is 184. The summed E-state index contributed by atoms with van der Waals surface area (Å²) in [6, 6.07) is -11.3. The summed E-state index contributed by atoms with van der Waals surface area (Å²) in [6.45, 7) is 14.1. The normalized spacial score (nSPS) is 16.5. The van der Waals surface area contributed by atoms with E-state index in [2.05, 4.69) is 58.2 Å². The molecule has 100 heavy (non-hydrogen) atoms. The van der Waals surface area contributed by atoms with E-state index in [1.165, 1.54) is 36.1 Å². The van der Waals surface area contributed by atoms with Crippen molar-refractivity contribution in [3.63, 3.8) is 0 Å². The molecule has 0 unspecified atom stereocenters. The van der Waals surface area contributed by atoms with Gasteiger partial charge in [0.25, 0.3) is 0 Å². The summed E-state index contributed by atoms with van der Waals surface area (Å²) >= 11 is 0. The van der Waals surface area contributed by atoms with Gasteiger partial charge in [0.15, 0.2) is 5.96 Å². The number of phenols is 1. The Morgan fingerprint density at radius 2 is 0.950 bits per heavy atom. The van der Waals surface area contributed by atoms with Crippen molar-refractivity contribution in [3.8, 4) is 5.75 Å². The summed E-state index contributed by atoms with van der Waals surface area (Å²) < 4.78 is 0. The predicted molar refractivity (Wildman–Crippen MR) is 368 cm³/mol. The van der Waals surface area contributed by atoms with E-state index < -0.39 is 186 Å². The summed E-state index contributed by atoms with van der Waals surface area (Å²) in [5, 5.41) is 65.9. The van der Waals surface area contributed by atoms with Crippen molar-refractivity contribution in [2.75, 3.05) is 32.8 Å². The number of hydrogen-bond donors (Lipinski definition) is 20. The van der Waals surface area contributed by atoms with Gasteiger partial charge in [0.05, 0.1) is 18.8 Å². The Morgan fingerprint density at radius 1 is 0.530 bits per heavy atom. The monoisotopic (exact) mass is 1420 g/mol. The number of benzene rings is 1. The van der Waals surface area contributed by atoms with Crippen molar-refractivity contribution in [1.82, 2.24) is 58.1 Å². The van der Waals surface area contributed by atoms with Gasteiger partial charge >= 0.3 is 5.97 Å². The number of likely N-dealkylation sites (tertiary alicyclic amines) is 1. The number of nitrogens with two attached hydrogens (primary N) is 6. The van der Waals surface area contributed by atoms with E-state index in [4.69, 9.17) is 34.4 Å². The molecule has 1 aromatic carbocycles. The highest BCUT2D eigenvalue weighted by atomic mass is 16.4. The number of hydrogen-bond acceptors (Lipinski definition) is 20. The number of carbonyl (C=O) groups is 13. The van der Waals surface area contributed by atoms with Crippen molar-refractivity contribution in [1.29, 1.82) is 0 Å². The Hall–Kier alpha value is -8.80. The van der Waals surface area contributed by atoms with Gasteiger partial charge in [0.1, 0.15) is 72.2 Å². The number of nitrogens with zero attached hydrogens (tertiary/aromatic N) is 2. The second kappa shape index (κ2) is 44.4. The largest absolute Gasteiger partial charge is 0.508 e. The van der Waals surface area contributed by atoms with Crippen LogP contribution in [0.25, 0.3) is 0 Å². The lowest BCUT2D eigenvalue weighted by molar-refractivity contribution is -0.144. The van der Waals surface area contributed by atoms with Crippen LogP contribution in [0.3, 0.4) is 0 Å². The van der Waals surface area contributed by atoms with Gasteiger partial charge in [-0.15, -0.1) is 0 Å². The van der Waals surface area contributed by atoms with Gasteiger partial charge in [-0.3, -0.25) is 62.5 Å². The second-order valence-corrected chi connectivity index (χ2v) is 26.6. The van der Waals surface area contributed by atoms with E-state index >= 15 is 0 Å². The van der Waals surface area contributed by atoms with Crippen molar-refractivity contribution in [2.24, 2.45) is 63.1 Å². The van der Waals surface area contributed by atoms with Gasteiger partial charge in [-0.2, -0.15) is 0 Å². The highest BCUT2D eigenvalue weighted by Crippen LogP contribution is 2.22. The third-order valence-electron chi connectivity index (χ3n) is 16.5. The SMILES string of the molecule is CC(C)C[C@H](N)C(=O)N[C@H](C(=O)N[C@@H](CCCN=C(N)N)C(=O)N[C@@H](Cc1ccc(O)cc1)C(=O)N[C@H](C(=O)N[C@@H](CCCCN)C(=O)N[C@@H](CCCCN)C(=O)N[C@H](C(=O)N1CCC[C@H]1C(=O)N[C@@H](CCC(N)=O)C(=O)N[C@H](C(=O)N[C@@H](CO)C(=O)O)C(C)C)C(C)C)[C@@H](C)O)C(C)C. The van der Waals surface area contributed by atoms with Crippen molar-refractivity contribution >= 4 is 82.8 Å². The number of primary amides is 1. The van der Waals surface area contributed by atoms with Gasteiger partial charge in [0, 0.05) is 25.9 Å². The van der Waals surface area contributed by atoms with Gasteiger partial charge in [-0.05, 0) is 138 Å². The van der Waals surface area contributed by atoms with E-state index in [0.717, 1.165) is 0 Å². The predicted octanol–water partition coefficient (Wildman–Crippen LogP) is -4.85. The van der Waals surface area contributed by atoms with E-state index in [1.54, 1.807) is 41.5 Å². The standard InChI is InChI=1S/C65H112N18O17/c1-33(2)30-40(68)53(88)79-49(34(3)4)60(95)75-43(18-14-28-72-65(70)71)55(90)77-45(31-38-20-22-39(86)23-21-38)58(93)82-52(37(9)85)62(97)76-41(16-10-12-26-66)54(89)73-42(17-11-13-27-67)56(91)81-51(36(7)8)63(98)83-29-15-19-47(83)59(94)74-44(24-25-48(69)87)57(92)80-50(35(5)6)61(96)78-46(32-84)64(99)100/h20-23,33-37,40-47,49-52,84-86H,10-19,24-32,66-68H2,1-9H3,(H2,69,87)(H,73,89)(H,74,94)(H,75,95)(H,76,97)(H,77,90)(H,78,96)(H,79,88)(H,80,92)(H,81,91)(H,82,93)(H,99,100)(H4,70,71,72)/t37-,40+,41+,42+,43+,44+,45+,46+,47+,49+,50+,51+,52+/m1/s1. The van der Waals surface area contributed by atoms with Crippen LogP contribution in [-0.4, -0.2) is 220 Å². The Bertz CT molecular complexity index is 2910. The molecule has 35 nitrogen and oxygen atoms in total. The van der Waals surface area contributed by atoms with E-state index in [-0.39, 0.29) is 102 Å². The molecule has 0 radical (unpaired) electrons. The molecule has 0 bridgehead atoms. The molecule has 12 amide bonds. The maximum absolute atomic E-state index is 14.7. The van der Waals surface area contributed by atoms with Crippen LogP contribution in [0.1, 0.15) is 151 Å². The van der Waals surface area contributed by atoms with Gasteiger partial charge in [-0.25, -0.2) is 4.79 Å². The van der Waals surface area contributed by atoms with Crippen LogP contribution >= 0.6 is 0 Å². The molecule has 1 aliphatic heterocycles. The average Bonchev–Trinajstić information content (AvgIpc) is 1.59. The highest BCUT2D eigenvalue weighted by Gasteiger charge is 2.42. The number of rotatable bonds is 46. The average molecular weight is 1420 g/mol. The summed E-state index contributed by atoms with van der Waals surface area (Å²) in [5.41, 5.74) is 34.7. The minimum absolute atomic E-state index is 0.0159. The Labute approximate surface area is 583 Å². The molecule has 1 aliphatic rings. The molecular formula is C65H112N18O17. The Kier molecular flexibility index (Phi) is 38.7. The number of aliphatic carboxylic acids is 1. The number of aliphatic hydroxyl groups excluding tert-OH is 2. The van der Waals surface area contributed by atoms with Crippen LogP contribution in [0.5, 0.6) is 5.75 Å². The zero-order valence-corrected chi connectivity index (χ0v) is 59.0. The molecule has 0 aliphatic carbocycles. The lowest BCUT2D eigenvalue weighted by Crippen LogP contribution is -2.62. The molecule has 1 aromatic rings. The number of nitrogens with one attached hydrogen (secondary N) is 10. The first-order valence-electron chi connectivity index (χ1n) is 34.1. The number of carboxylic acid groups (broad SMARTS) is 1. The number of carbonyl (C=O) groups excluding carboxylic acids is 12. The number of carboxylic acids is 1. The van der Waals surface area contributed by atoms with Crippen molar-refractivity contribution in [2.45, 2.75) is 231 Å². The molecule has 0 spiro atoms. The first-order chi connectivity index (χ1) is 47.0. The lowest BCUT2D eigenvalue weighted by atomic mass is 9.99. The fourth-order valence-corrected chi connectivity index (χ4v) is 10.8. The molecule has 13 atom stereocenters. The molecule has 1 saturated heterocycles. The molecule has 35 heteroatoms. The van der Waals surface area contributed by atoms with Crippen LogP contribution in [0, 0.1) is 23.7 Å². The summed E-state index contributed by atoms with van der Waals surface area (Å²) in [6.07, 6.45) is -0.850. The fraction of sp³-hybridized carbons (Fsp3) is 0.692. The third-order valence-corrected chi connectivity index (χ3v) is 16.5. The minimum Gasteiger partial charge on any atom is -0.508 e. The van der Waals surface area contributed by atoms with Gasteiger partial charge < -0.3 is 113 Å². The molecule has 1 heterocycles. The third kappa shape index (κ3) is 30.4. The number of guanidine groups is 1. The molecule has 0 aromatic heterocycles. The maximum atomic E-state index is 14.7. The van der Waals surface area contributed by atoms with Crippen LogP contribution < -0.4 is 87.6 Å². The highest BCUT2D eigenvalue weighted by molar-refractivity contribution is 6.00. The first kappa shape index (κ1) is 87.3. The zero-order chi connectivity index (χ0) is 75.7. The van der Waals surface area contributed by atoms with Gasteiger partial charge in [-0.1, -0.05) is 67.5 Å². The van der Waals surface area contributed by atoms with Crippen LogP contribution in [0.15, 0.2) is 29.3 Å². The quantitative estimate of drug-likeness (QED) is 0.0165.